The Bertz CT molecular complexity index is 474. The zero-order valence-corrected chi connectivity index (χ0v) is 12.9. The van der Waals surface area contributed by atoms with Crippen molar-refractivity contribution in [3.63, 3.8) is 0 Å². The Labute approximate surface area is 126 Å². The Hall–Kier alpha value is -0.730. The van der Waals surface area contributed by atoms with E-state index in [0.717, 1.165) is 41.2 Å². The van der Waals surface area contributed by atoms with Gasteiger partial charge in [-0.15, -0.1) is 0 Å². The summed E-state index contributed by atoms with van der Waals surface area (Å²) >= 11 is 6.43. The molecule has 0 spiro atoms. The molecule has 1 saturated carbocycles. The molecule has 3 heteroatoms. The third-order valence-corrected chi connectivity index (χ3v) is 5.39. The van der Waals surface area contributed by atoms with E-state index >= 15 is 0 Å². The van der Waals surface area contributed by atoms with E-state index in [9.17, 15) is 5.11 Å². The normalized spacial score (nSPS) is 28.1. The highest BCUT2D eigenvalue weighted by molar-refractivity contribution is 6.33. The van der Waals surface area contributed by atoms with Gasteiger partial charge in [-0.1, -0.05) is 36.9 Å². The Morgan fingerprint density at radius 1 is 1.20 bits per heavy atom. The maximum atomic E-state index is 9.63. The van der Waals surface area contributed by atoms with Gasteiger partial charge in [-0.3, -0.25) is 0 Å². The summed E-state index contributed by atoms with van der Waals surface area (Å²) in [6.07, 6.45) is 6.47. The van der Waals surface area contributed by atoms with Crippen molar-refractivity contribution in [2.75, 3.05) is 18.0 Å². The van der Waals surface area contributed by atoms with E-state index < -0.39 is 6.10 Å². The number of benzene rings is 1. The average Bonchev–Trinajstić information content (AvgIpc) is 2.46. The molecule has 110 valence electrons. The van der Waals surface area contributed by atoms with Gasteiger partial charge in [0.15, 0.2) is 0 Å². The van der Waals surface area contributed by atoms with Crippen molar-refractivity contribution in [2.45, 2.75) is 45.1 Å². The van der Waals surface area contributed by atoms with Crippen LogP contribution in [-0.4, -0.2) is 18.2 Å². The third kappa shape index (κ3) is 2.82. The number of hydrogen-bond acceptors (Lipinski definition) is 2. The fourth-order valence-electron chi connectivity index (χ4n) is 3.86. The summed E-state index contributed by atoms with van der Waals surface area (Å²) in [7, 11) is 0. The van der Waals surface area contributed by atoms with E-state index in [2.05, 4.69) is 11.0 Å². The number of fused-ring (bicyclic) bond motifs is 1. The lowest BCUT2D eigenvalue weighted by atomic mass is 9.75. The molecule has 0 aromatic heterocycles. The average molecular weight is 294 g/mol. The second kappa shape index (κ2) is 5.95. The summed E-state index contributed by atoms with van der Waals surface area (Å²) in [5.41, 5.74) is 2.03. The summed E-state index contributed by atoms with van der Waals surface area (Å²) in [6, 6.07) is 5.99. The van der Waals surface area contributed by atoms with E-state index in [1.807, 2.05) is 12.1 Å². The molecule has 0 bridgehead atoms. The molecule has 1 aromatic carbocycles. The van der Waals surface area contributed by atoms with Crippen molar-refractivity contribution in [1.82, 2.24) is 0 Å². The van der Waals surface area contributed by atoms with Crippen molar-refractivity contribution >= 4 is 17.3 Å². The molecular formula is C17H24ClNO. The quantitative estimate of drug-likeness (QED) is 0.873. The lowest BCUT2D eigenvalue weighted by Crippen LogP contribution is -2.41. The van der Waals surface area contributed by atoms with Gasteiger partial charge in [-0.25, -0.2) is 0 Å². The number of halogens is 1. The first-order valence-corrected chi connectivity index (χ1v) is 8.25. The zero-order valence-electron chi connectivity index (χ0n) is 12.2. The lowest BCUT2D eigenvalue weighted by molar-refractivity contribution is 0.199. The van der Waals surface area contributed by atoms with Crippen molar-refractivity contribution in [3.05, 3.63) is 28.8 Å². The molecule has 3 unspecified atom stereocenters. The SMILES string of the molecule is CC(O)c1ccc(N2CCC3CCCCC3C2)c(Cl)c1. The van der Waals surface area contributed by atoms with E-state index in [0.29, 0.717) is 0 Å². The van der Waals surface area contributed by atoms with Crippen LogP contribution in [0.15, 0.2) is 18.2 Å². The molecule has 0 amide bonds. The molecule has 3 rings (SSSR count). The lowest BCUT2D eigenvalue weighted by Gasteiger charge is -2.42. The van der Waals surface area contributed by atoms with Gasteiger partial charge in [0.2, 0.25) is 0 Å². The summed E-state index contributed by atoms with van der Waals surface area (Å²) < 4.78 is 0. The van der Waals surface area contributed by atoms with Gasteiger partial charge in [0.1, 0.15) is 0 Å². The third-order valence-electron chi connectivity index (χ3n) is 5.09. The van der Waals surface area contributed by atoms with E-state index in [1.54, 1.807) is 6.92 Å². The van der Waals surface area contributed by atoms with Crippen LogP contribution in [0.3, 0.4) is 0 Å². The molecule has 3 atom stereocenters. The minimum atomic E-state index is -0.453. The molecule has 1 aromatic rings. The highest BCUT2D eigenvalue weighted by Crippen LogP contribution is 2.39. The Morgan fingerprint density at radius 3 is 2.65 bits per heavy atom. The van der Waals surface area contributed by atoms with Gasteiger partial charge in [0, 0.05) is 13.1 Å². The Kier molecular flexibility index (Phi) is 4.23. The maximum Gasteiger partial charge on any atom is 0.0762 e. The predicted octanol–water partition coefficient (Wildman–Crippen LogP) is 4.41. The molecule has 1 N–H and O–H groups in total. The topological polar surface area (TPSA) is 23.5 Å². The standard InChI is InChI=1S/C17H24ClNO/c1-12(20)14-6-7-17(16(18)10-14)19-9-8-13-4-2-3-5-15(13)11-19/h6-7,10,12-13,15,20H,2-5,8-9,11H2,1H3. The minimum absolute atomic E-state index is 0.453. The Balaban J connectivity index is 1.76. The first kappa shape index (κ1) is 14.2. The van der Waals surface area contributed by atoms with Crippen LogP contribution in [0, 0.1) is 11.8 Å². The van der Waals surface area contributed by atoms with Gasteiger partial charge in [-0.2, -0.15) is 0 Å². The molecule has 1 heterocycles. The summed E-state index contributed by atoms with van der Waals surface area (Å²) in [4.78, 5) is 2.45. The van der Waals surface area contributed by atoms with Gasteiger partial charge < -0.3 is 10.0 Å². The molecule has 1 aliphatic carbocycles. The largest absolute Gasteiger partial charge is 0.389 e. The second-order valence-electron chi connectivity index (χ2n) is 6.43. The predicted molar refractivity (Wildman–Crippen MR) is 84.4 cm³/mol. The number of rotatable bonds is 2. The fourth-order valence-corrected chi connectivity index (χ4v) is 4.17. The molecule has 1 saturated heterocycles. The summed E-state index contributed by atoms with van der Waals surface area (Å²) in [5, 5.41) is 10.4. The van der Waals surface area contributed by atoms with Crippen molar-refractivity contribution in [3.8, 4) is 0 Å². The molecule has 2 nitrogen and oxygen atoms in total. The summed E-state index contributed by atoms with van der Waals surface area (Å²) in [5.74, 6) is 1.79. The summed E-state index contributed by atoms with van der Waals surface area (Å²) in [6.45, 7) is 4.05. The number of aliphatic hydroxyl groups excluding tert-OH is 1. The van der Waals surface area contributed by atoms with Crippen LogP contribution in [0.25, 0.3) is 0 Å². The van der Waals surface area contributed by atoms with E-state index in [1.165, 1.54) is 32.1 Å². The van der Waals surface area contributed by atoms with Gasteiger partial charge >= 0.3 is 0 Å². The number of nitrogens with zero attached hydrogens (tertiary/aromatic N) is 1. The molecule has 2 aliphatic rings. The van der Waals surface area contributed by atoms with Crippen molar-refractivity contribution in [2.24, 2.45) is 11.8 Å². The molecule has 1 aliphatic heterocycles. The first-order chi connectivity index (χ1) is 9.65. The van der Waals surface area contributed by atoms with Crippen LogP contribution in [0.2, 0.25) is 5.02 Å². The number of aliphatic hydroxyl groups is 1. The van der Waals surface area contributed by atoms with Crippen LogP contribution in [0.1, 0.15) is 50.7 Å². The molecule has 2 fully saturated rings. The molecule has 0 radical (unpaired) electrons. The van der Waals surface area contributed by atoms with Crippen LogP contribution in [-0.2, 0) is 0 Å². The molecular weight excluding hydrogens is 270 g/mol. The smallest absolute Gasteiger partial charge is 0.0762 e. The monoisotopic (exact) mass is 293 g/mol. The minimum Gasteiger partial charge on any atom is -0.389 e. The van der Waals surface area contributed by atoms with E-state index in [-0.39, 0.29) is 0 Å². The van der Waals surface area contributed by atoms with Crippen LogP contribution >= 0.6 is 11.6 Å². The van der Waals surface area contributed by atoms with Gasteiger partial charge in [-0.05, 0) is 49.3 Å². The van der Waals surface area contributed by atoms with Gasteiger partial charge in [0.25, 0.3) is 0 Å². The van der Waals surface area contributed by atoms with Crippen LogP contribution in [0.4, 0.5) is 5.69 Å². The van der Waals surface area contributed by atoms with E-state index in [4.69, 9.17) is 11.6 Å². The number of piperidine rings is 1. The van der Waals surface area contributed by atoms with Crippen molar-refractivity contribution in [1.29, 1.82) is 0 Å². The first-order valence-electron chi connectivity index (χ1n) is 7.87. The fraction of sp³-hybridized carbons (Fsp3) is 0.647. The maximum absolute atomic E-state index is 9.63. The van der Waals surface area contributed by atoms with Crippen LogP contribution in [0.5, 0.6) is 0 Å². The number of anilines is 1. The van der Waals surface area contributed by atoms with Gasteiger partial charge in [0.05, 0.1) is 16.8 Å². The van der Waals surface area contributed by atoms with Crippen molar-refractivity contribution < 1.29 is 5.11 Å². The highest BCUT2D eigenvalue weighted by atomic mass is 35.5. The number of hydrogen-bond donors (Lipinski definition) is 1. The molecule has 20 heavy (non-hydrogen) atoms. The zero-order chi connectivity index (χ0) is 14.1. The van der Waals surface area contributed by atoms with Crippen LogP contribution < -0.4 is 4.90 Å². The highest BCUT2D eigenvalue weighted by Gasteiger charge is 2.31. The Morgan fingerprint density at radius 2 is 1.95 bits per heavy atom. The second-order valence-corrected chi connectivity index (χ2v) is 6.83.